The monoisotopic (exact) mass is 393 g/mol. The average molecular weight is 393 g/mol. The quantitative estimate of drug-likeness (QED) is 0.633. The lowest BCUT2D eigenvalue weighted by atomic mass is 10.1. The summed E-state index contributed by atoms with van der Waals surface area (Å²) in [5, 5.41) is 4.11. The van der Waals surface area contributed by atoms with E-state index < -0.39 is 0 Å². The van der Waals surface area contributed by atoms with Crippen molar-refractivity contribution in [3.05, 3.63) is 53.9 Å². The Balaban J connectivity index is 1.57. The predicted molar refractivity (Wildman–Crippen MR) is 108 cm³/mol. The number of anilines is 1. The summed E-state index contributed by atoms with van der Waals surface area (Å²) < 4.78 is 16.3. The minimum Gasteiger partial charge on any atom is -0.493 e. The highest BCUT2D eigenvalue weighted by molar-refractivity contribution is 5.96. The van der Waals surface area contributed by atoms with E-state index in [2.05, 4.69) is 29.2 Å². The van der Waals surface area contributed by atoms with E-state index in [-0.39, 0.29) is 11.8 Å². The molecule has 150 valence electrons. The number of carbonyl (C=O) groups is 1. The summed E-state index contributed by atoms with van der Waals surface area (Å²) in [6.45, 7) is 2.62. The number of amides is 1. The Morgan fingerprint density at radius 3 is 2.62 bits per heavy atom. The third-order valence-electron chi connectivity index (χ3n) is 5.22. The number of hydrogen-bond acceptors (Lipinski definition) is 6. The lowest BCUT2D eigenvalue weighted by Gasteiger charge is -2.16. The van der Waals surface area contributed by atoms with Crippen LogP contribution >= 0.6 is 0 Å². The molecule has 1 saturated heterocycles. The SMILES string of the molecule is CCc1ccc(N2C[C@@H](c3nc(-c4cccc(OC)c4OC)no3)CC2=O)cc1. The smallest absolute Gasteiger partial charge is 0.232 e. The number of ether oxygens (including phenoxy) is 2. The zero-order valence-corrected chi connectivity index (χ0v) is 16.7. The van der Waals surface area contributed by atoms with Crippen molar-refractivity contribution < 1.29 is 18.8 Å². The molecule has 0 N–H and O–H groups in total. The molecule has 2 aromatic carbocycles. The Morgan fingerprint density at radius 1 is 1.14 bits per heavy atom. The number of nitrogens with zero attached hydrogens (tertiary/aromatic N) is 3. The van der Waals surface area contributed by atoms with Crippen LogP contribution in [0.15, 0.2) is 47.0 Å². The van der Waals surface area contributed by atoms with Crippen LogP contribution < -0.4 is 14.4 Å². The molecule has 0 aliphatic carbocycles. The topological polar surface area (TPSA) is 77.7 Å². The largest absolute Gasteiger partial charge is 0.493 e. The van der Waals surface area contributed by atoms with E-state index in [1.54, 1.807) is 25.2 Å². The van der Waals surface area contributed by atoms with Gasteiger partial charge in [-0.05, 0) is 36.2 Å². The average Bonchev–Trinajstić information content (AvgIpc) is 3.40. The van der Waals surface area contributed by atoms with E-state index >= 15 is 0 Å². The normalized spacial score (nSPS) is 16.3. The number of hydrogen-bond donors (Lipinski definition) is 0. The highest BCUT2D eigenvalue weighted by Crippen LogP contribution is 2.38. The third-order valence-corrected chi connectivity index (χ3v) is 5.22. The van der Waals surface area contributed by atoms with Gasteiger partial charge in [0.05, 0.1) is 25.7 Å². The minimum absolute atomic E-state index is 0.0537. The zero-order valence-electron chi connectivity index (χ0n) is 16.7. The molecule has 0 radical (unpaired) electrons. The maximum atomic E-state index is 12.6. The van der Waals surface area contributed by atoms with Crippen molar-refractivity contribution in [2.24, 2.45) is 0 Å². The molecule has 7 heteroatoms. The summed E-state index contributed by atoms with van der Waals surface area (Å²) in [5.41, 5.74) is 2.81. The number of aromatic nitrogens is 2. The van der Waals surface area contributed by atoms with E-state index in [0.29, 0.717) is 41.7 Å². The Bertz CT molecular complexity index is 1010. The minimum atomic E-state index is -0.147. The second-order valence-corrected chi connectivity index (χ2v) is 6.92. The van der Waals surface area contributed by atoms with E-state index in [1.165, 1.54) is 5.56 Å². The summed E-state index contributed by atoms with van der Waals surface area (Å²) in [4.78, 5) is 18.9. The number of benzene rings is 2. The fraction of sp³-hybridized carbons (Fsp3) is 0.318. The number of methoxy groups -OCH3 is 2. The van der Waals surface area contributed by atoms with Crippen molar-refractivity contribution in [2.75, 3.05) is 25.7 Å². The van der Waals surface area contributed by atoms with Gasteiger partial charge >= 0.3 is 0 Å². The van der Waals surface area contributed by atoms with Crippen molar-refractivity contribution in [3.63, 3.8) is 0 Å². The second kappa shape index (κ2) is 7.95. The number of aryl methyl sites for hydroxylation is 1. The van der Waals surface area contributed by atoms with E-state index in [1.807, 2.05) is 24.3 Å². The maximum absolute atomic E-state index is 12.6. The van der Waals surface area contributed by atoms with Crippen LogP contribution in [-0.4, -0.2) is 36.8 Å². The number of para-hydroxylation sites is 1. The van der Waals surface area contributed by atoms with Gasteiger partial charge in [-0.3, -0.25) is 4.79 Å². The highest BCUT2D eigenvalue weighted by Gasteiger charge is 2.35. The van der Waals surface area contributed by atoms with Gasteiger partial charge in [-0.15, -0.1) is 0 Å². The third kappa shape index (κ3) is 3.55. The van der Waals surface area contributed by atoms with E-state index in [0.717, 1.165) is 12.1 Å². The first kappa shape index (κ1) is 19.0. The molecule has 1 fully saturated rings. The van der Waals surface area contributed by atoms with Gasteiger partial charge in [-0.1, -0.05) is 30.3 Å². The molecule has 3 aromatic rings. The van der Waals surface area contributed by atoms with Gasteiger partial charge in [-0.25, -0.2) is 0 Å². The Labute approximate surface area is 169 Å². The summed E-state index contributed by atoms with van der Waals surface area (Å²) in [6, 6.07) is 13.6. The zero-order chi connectivity index (χ0) is 20.4. The number of carbonyl (C=O) groups excluding carboxylic acids is 1. The first-order chi connectivity index (χ1) is 14.1. The van der Waals surface area contributed by atoms with Crippen LogP contribution in [0.5, 0.6) is 11.5 Å². The summed E-state index contributed by atoms with van der Waals surface area (Å²) in [5.74, 6) is 1.90. The van der Waals surface area contributed by atoms with Crippen molar-refractivity contribution in [1.82, 2.24) is 10.1 Å². The molecular formula is C22H23N3O4. The van der Waals surface area contributed by atoms with Crippen molar-refractivity contribution in [3.8, 4) is 22.9 Å². The molecule has 1 atom stereocenters. The lowest BCUT2D eigenvalue weighted by Crippen LogP contribution is -2.24. The molecule has 0 unspecified atom stereocenters. The summed E-state index contributed by atoms with van der Waals surface area (Å²) in [7, 11) is 3.15. The molecule has 0 saturated carbocycles. The van der Waals surface area contributed by atoms with Crippen LogP contribution in [0.25, 0.3) is 11.4 Å². The standard InChI is InChI=1S/C22H23N3O4/c1-4-14-8-10-16(11-9-14)25-13-15(12-19(25)26)22-23-21(24-29-22)17-6-5-7-18(27-2)20(17)28-3/h5-11,15H,4,12-13H2,1-3H3/t15-/m0/s1. The first-order valence-corrected chi connectivity index (χ1v) is 9.58. The van der Waals surface area contributed by atoms with Crippen LogP contribution in [-0.2, 0) is 11.2 Å². The van der Waals surface area contributed by atoms with Gasteiger partial charge in [0.25, 0.3) is 0 Å². The number of rotatable bonds is 6. The summed E-state index contributed by atoms with van der Waals surface area (Å²) >= 11 is 0. The molecule has 1 aromatic heterocycles. The Morgan fingerprint density at radius 2 is 1.93 bits per heavy atom. The second-order valence-electron chi connectivity index (χ2n) is 6.92. The highest BCUT2D eigenvalue weighted by atomic mass is 16.5. The van der Waals surface area contributed by atoms with Crippen LogP contribution in [0.3, 0.4) is 0 Å². The lowest BCUT2D eigenvalue weighted by molar-refractivity contribution is -0.117. The van der Waals surface area contributed by atoms with Gasteiger partial charge in [0, 0.05) is 18.7 Å². The molecule has 4 rings (SSSR count). The Kier molecular flexibility index (Phi) is 5.20. The first-order valence-electron chi connectivity index (χ1n) is 9.58. The van der Waals surface area contributed by atoms with Gasteiger partial charge in [0.15, 0.2) is 11.5 Å². The maximum Gasteiger partial charge on any atom is 0.232 e. The van der Waals surface area contributed by atoms with Crippen LogP contribution in [0.4, 0.5) is 5.69 Å². The molecule has 7 nitrogen and oxygen atoms in total. The van der Waals surface area contributed by atoms with Crippen molar-refractivity contribution >= 4 is 11.6 Å². The fourth-order valence-electron chi connectivity index (χ4n) is 3.61. The molecule has 29 heavy (non-hydrogen) atoms. The van der Waals surface area contributed by atoms with Crippen LogP contribution in [0.2, 0.25) is 0 Å². The molecule has 1 aliphatic rings. The van der Waals surface area contributed by atoms with Gasteiger partial charge in [0.2, 0.25) is 17.6 Å². The molecule has 1 aliphatic heterocycles. The molecule has 0 spiro atoms. The van der Waals surface area contributed by atoms with E-state index in [9.17, 15) is 4.79 Å². The van der Waals surface area contributed by atoms with Crippen molar-refractivity contribution in [2.45, 2.75) is 25.7 Å². The van der Waals surface area contributed by atoms with Crippen LogP contribution in [0.1, 0.15) is 30.7 Å². The predicted octanol–water partition coefficient (Wildman–Crippen LogP) is 3.84. The molecule has 2 heterocycles. The van der Waals surface area contributed by atoms with Crippen molar-refractivity contribution in [1.29, 1.82) is 0 Å². The Hall–Kier alpha value is -3.35. The molecule has 1 amide bonds. The molecular weight excluding hydrogens is 370 g/mol. The van der Waals surface area contributed by atoms with Crippen LogP contribution in [0, 0.1) is 0 Å². The van der Waals surface area contributed by atoms with Gasteiger partial charge < -0.3 is 18.9 Å². The van der Waals surface area contributed by atoms with E-state index in [4.69, 9.17) is 14.0 Å². The fourth-order valence-corrected chi connectivity index (χ4v) is 3.61. The summed E-state index contributed by atoms with van der Waals surface area (Å²) in [6.07, 6.45) is 1.31. The molecule has 0 bridgehead atoms. The van der Waals surface area contributed by atoms with Gasteiger partial charge in [-0.2, -0.15) is 4.98 Å². The van der Waals surface area contributed by atoms with Gasteiger partial charge in [0.1, 0.15) is 0 Å².